The number of carbonyl (C=O) groups is 1. The lowest BCUT2D eigenvalue weighted by Gasteiger charge is -2.23. The van der Waals surface area contributed by atoms with E-state index in [-0.39, 0.29) is 16.3 Å². The molecule has 0 spiro atoms. The molecule has 0 saturated carbocycles. The van der Waals surface area contributed by atoms with Crippen LogP contribution in [-0.2, 0) is 10.0 Å². The molecular formula is C26H35FN4O3S2. The predicted molar refractivity (Wildman–Crippen MR) is 145 cm³/mol. The Balaban J connectivity index is 1.89. The van der Waals surface area contributed by atoms with E-state index in [1.54, 1.807) is 24.3 Å². The standard InChI is InChI=1S/C26H35FN4O3S2/c1-5-7-16-30(17-8-6-2)36(33,34)21-14-12-20(13-15-21)25(32)31(19-18-29(3)4)26-28-24-22(27)10-9-11-23(24)35-26/h9-15H,5-8,16-19H2,1-4H3. The van der Waals surface area contributed by atoms with Gasteiger partial charge in [0.25, 0.3) is 5.91 Å². The van der Waals surface area contributed by atoms with Crippen LogP contribution in [0.15, 0.2) is 47.4 Å². The van der Waals surface area contributed by atoms with Crippen molar-refractivity contribution in [1.82, 2.24) is 14.2 Å². The average molecular weight is 535 g/mol. The zero-order valence-corrected chi connectivity index (χ0v) is 23.0. The third kappa shape index (κ3) is 6.67. The van der Waals surface area contributed by atoms with Crippen molar-refractivity contribution < 1.29 is 17.6 Å². The van der Waals surface area contributed by atoms with E-state index in [2.05, 4.69) is 4.98 Å². The number of para-hydroxylation sites is 1. The highest BCUT2D eigenvalue weighted by molar-refractivity contribution is 7.89. The zero-order valence-electron chi connectivity index (χ0n) is 21.4. The molecule has 196 valence electrons. The Morgan fingerprint density at radius 1 is 0.944 bits per heavy atom. The Hall–Kier alpha value is -2.40. The van der Waals surface area contributed by atoms with Crippen LogP contribution in [0.1, 0.15) is 49.9 Å². The van der Waals surface area contributed by atoms with E-state index in [4.69, 9.17) is 0 Å². The number of hydrogen-bond donors (Lipinski definition) is 0. The second kappa shape index (κ2) is 12.7. The molecule has 0 saturated heterocycles. The van der Waals surface area contributed by atoms with Crippen molar-refractivity contribution in [3.63, 3.8) is 0 Å². The first-order valence-corrected chi connectivity index (χ1v) is 14.6. The van der Waals surface area contributed by atoms with Gasteiger partial charge in [0.2, 0.25) is 10.0 Å². The highest BCUT2D eigenvalue weighted by atomic mass is 32.2. The number of thiazole rings is 1. The molecule has 3 rings (SSSR count). The first-order valence-electron chi connectivity index (χ1n) is 12.3. The Kier molecular flexibility index (Phi) is 9.95. The second-order valence-corrected chi connectivity index (χ2v) is 11.9. The number of aromatic nitrogens is 1. The maximum Gasteiger partial charge on any atom is 0.260 e. The molecule has 0 unspecified atom stereocenters. The summed E-state index contributed by atoms with van der Waals surface area (Å²) in [7, 11) is 0.158. The molecule has 7 nitrogen and oxygen atoms in total. The summed E-state index contributed by atoms with van der Waals surface area (Å²) < 4.78 is 43.0. The van der Waals surface area contributed by atoms with E-state index >= 15 is 0 Å². The van der Waals surface area contributed by atoms with Crippen molar-refractivity contribution in [1.29, 1.82) is 0 Å². The third-order valence-corrected chi connectivity index (χ3v) is 8.82. The van der Waals surface area contributed by atoms with Gasteiger partial charge in [0.15, 0.2) is 5.13 Å². The van der Waals surface area contributed by atoms with Gasteiger partial charge in [-0.25, -0.2) is 17.8 Å². The molecular weight excluding hydrogens is 499 g/mol. The quantitative estimate of drug-likeness (QED) is 0.300. The molecule has 0 aliphatic rings. The fourth-order valence-electron chi connectivity index (χ4n) is 3.70. The number of likely N-dealkylation sites (N-methyl/N-ethyl adjacent to an activating group) is 1. The SMILES string of the molecule is CCCCN(CCCC)S(=O)(=O)c1ccc(C(=O)N(CCN(C)C)c2nc3c(F)cccc3s2)cc1. The van der Waals surface area contributed by atoms with Gasteiger partial charge in [-0.15, -0.1) is 0 Å². The number of sulfonamides is 1. The first kappa shape index (κ1) is 28.2. The summed E-state index contributed by atoms with van der Waals surface area (Å²) in [5.74, 6) is -0.741. The maximum atomic E-state index is 14.2. The summed E-state index contributed by atoms with van der Waals surface area (Å²) in [5, 5.41) is 0.406. The van der Waals surface area contributed by atoms with Crippen LogP contribution in [0.25, 0.3) is 10.2 Å². The number of unbranched alkanes of at least 4 members (excludes halogenated alkanes) is 2. The molecule has 0 N–H and O–H groups in total. The lowest BCUT2D eigenvalue weighted by molar-refractivity contribution is 0.0985. The molecule has 36 heavy (non-hydrogen) atoms. The third-order valence-electron chi connectivity index (χ3n) is 5.87. The van der Waals surface area contributed by atoms with Crippen molar-refractivity contribution in [2.45, 2.75) is 44.4 Å². The number of halogens is 1. The fourth-order valence-corrected chi connectivity index (χ4v) is 6.22. The van der Waals surface area contributed by atoms with Crippen LogP contribution in [0.5, 0.6) is 0 Å². The molecule has 0 atom stereocenters. The monoisotopic (exact) mass is 534 g/mol. The number of hydrogen-bond acceptors (Lipinski definition) is 6. The van der Waals surface area contributed by atoms with E-state index in [0.29, 0.717) is 41.6 Å². The van der Waals surface area contributed by atoms with E-state index in [9.17, 15) is 17.6 Å². The van der Waals surface area contributed by atoms with Crippen molar-refractivity contribution in [2.24, 2.45) is 0 Å². The van der Waals surface area contributed by atoms with Gasteiger partial charge >= 0.3 is 0 Å². The van der Waals surface area contributed by atoms with Crippen molar-refractivity contribution >= 4 is 42.6 Å². The number of carbonyl (C=O) groups excluding carboxylic acids is 1. The minimum atomic E-state index is -3.65. The van der Waals surface area contributed by atoms with E-state index in [1.165, 1.54) is 38.7 Å². The van der Waals surface area contributed by atoms with Crippen LogP contribution in [0, 0.1) is 5.82 Å². The van der Waals surface area contributed by atoms with E-state index in [1.807, 2.05) is 32.8 Å². The molecule has 1 amide bonds. The van der Waals surface area contributed by atoms with Crippen molar-refractivity contribution in [2.75, 3.05) is 45.2 Å². The summed E-state index contributed by atoms with van der Waals surface area (Å²) in [4.78, 5) is 21.6. The molecule has 0 aliphatic heterocycles. The van der Waals surface area contributed by atoms with Gasteiger partial charge in [-0.2, -0.15) is 4.31 Å². The van der Waals surface area contributed by atoms with Crippen LogP contribution >= 0.6 is 11.3 Å². The predicted octanol–water partition coefficient (Wildman–Crippen LogP) is 5.23. The fraction of sp³-hybridized carbons (Fsp3) is 0.462. The molecule has 1 aromatic heterocycles. The Morgan fingerprint density at radius 3 is 2.14 bits per heavy atom. The second-order valence-electron chi connectivity index (χ2n) is 8.98. The summed E-state index contributed by atoms with van der Waals surface area (Å²) >= 11 is 1.25. The first-order chi connectivity index (χ1) is 17.2. The van der Waals surface area contributed by atoms with Crippen LogP contribution < -0.4 is 4.90 Å². The Labute approximate surface area is 217 Å². The van der Waals surface area contributed by atoms with Gasteiger partial charge in [0.05, 0.1) is 9.60 Å². The summed E-state index contributed by atoms with van der Waals surface area (Å²) in [5.41, 5.74) is 0.585. The summed E-state index contributed by atoms with van der Waals surface area (Å²) in [6.07, 6.45) is 3.40. The highest BCUT2D eigenvalue weighted by Gasteiger charge is 2.26. The largest absolute Gasteiger partial charge is 0.308 e. The van der Waals surface area contributed by atoms with Crippen LogP contribution in [0.2, 0.25) is 0 Å². The number of amides is 1. The van der Waals surface area contributed by atoms with Crippen LogP contribution in [0.3, 0.4) is 0 Å². The van der Waals surface area contributed by atoms with Crippen LogP contribution in [-0.4, -0.2) is 68.8 Å². The van der Waals surface area contributed by atoms with Crippen molar-refractivity contribution in [3.05, 3.63) is 53.8 Å². The minimum Gasteiger partial charge on any atom is -0.308 e. The van der Waals surface area contributed by atoms with E-state index < -0.39 is 15.8 Å². The number of rotatable bonds is 13. The Bertz CT molecular complexity index is 1250. The molecule has 2 aromatic carbocycles. The van der Waals surface area contributed by atoms with E-state index in [0.717, 1.165) is 25.7 Å². The van der Waals surface area contributed by atoms with Gasteiger partial charge in [-0.1, -0.05) is 44.1 Å². The van der Waals surface area contributed by atoms with Gasteiger partial charge < -0.3 is 4.90 Å². The number of benzene rings is 2. The number of nitrogens with zero attached hydrogens (tertiary/aromatic N) is 4. The summed E-state index contributed by atoms with van der Waals surface area (Å²) in [6, 6.07) is 10.8. The lowest BCUT2D eigenvalue weighted by atomic mass is 10.2. The molecule has 0 radical (unpaired) electrons. The normalized spacial score (nSPS) is 12.1. The van der Waals surface area contributed by atoms with Gasteiger partial charge in [0.1, 0.15) is 11.3 Å². The molecule has 10 heteroatoms. The minimum absolute atomic E-state index is 0.174. The zero-order chi connectivity index (χ0) is 26.3. The topological polar surface area (TPSA) is 73.8 Å². The van der Waals surface area contributed by atoms with Gasteiger partial charge in [0, 0.05) is 31.7 Å². The maximum absolute atomic E-state index is 14.2. The highest BCUT2D eigenvalue weighted by Crippen LogP contribution is 2.31. The van der Waals surface area contributed by atoms with Crippen LogP contribution in [0.4, 0.5) is 9.52 Å². The summed E-state index contributed by atoms with van der Waals surface area (Å²) in [6.45, 7) is 5.97. The van der Waals surface area contributed by atoms with Crippen molar-refractivity contribution in [3.8, 4) is 0 Å². The van der Waals surface area contributed by atoms with Gasteiger partial charge in [-0.05, 0) is 63.3 Å². The molecule has 0 bridgehead atoms. The molecule has 3 aromatic rings. The van der Waals surface area contributed by atoms with Gasteiger partial charge in [-0.3, -0.25) is 9.69 Å². The Morgan fingerprint density at radius 2 is 1.58 bits per heavy atom. The average Bonchev–Trinajstić information content (AvgIpc) is 3.29. The number of anilines is 1. The number of fused-ring (bicyclic) bond motifs is 1. The molecule has 0 aliphatic carbocycles. The smallest absolute Gasteiger partial charge is 0.260 e. The molecule has 0 fully saturated rings. The molecule has 1 heterocycles. The lowest BCUT2D eigenvalue weighted by Crippen LogP contribution is -2.37.